The molecule has 1 aromatic carbocycles. The minimum atomic E-state index is -3.77. The van der Waals surface area contributed by atoms with E-state index in [-0.39, 0.29) is 22.8 Å². The summed E-state index contributed by atoms with van der Waals surface area (Å²) < 4.78 is 26.7. The van der Waals surface area contributed by atoms with Gasteiger partial charge in [-0.05, 0) is 12.1 Å². The Balaban J connectivity index is 2.25. The summed E-state index contributed by atoms with van der Waals surface area (Å²) in [5.74, 6) is 0. The smallest absolute Gasteiger partial charge is 0.292 e. The number of nitro benzene ring substituents is 1. The summed E-state index contributed by atoms with van der Waals surface area (Å²) in [6.07, 6.45) is 3.06. The predicted molar refractivity (Wildman–Crippen MR) is 75.3 cm³/mol. The molecule has 0 aliphatic rings. The van der Waals surface area contributed by atoms with E-state index in [0.717, 1.165) is 6.07 Å². The first-order chi connectivity index (χ1) is 9.94. The second-order valence-corrected chi connectivity index (χ2v) is 5.88. The van der Waals surface area contributed by atoms with Crippen molar-refractivity contribution in [2.45, 2.75) is 11.4 Å². The third kappa shape index (κ3) is 3.35. The second-order valence-electron chi connectivity index (χ2n) is 4.12. The molecule has 9 nitrogen and oxygen atoms in total. The lowest BCUT2D eigenvalue weighted by atomic mass is 10.3. The van der Waals surface area contributed by atoms with E-state index in [9.17, 15) is 18.5 Å². The normalized spacial score (nSPS) is 11.3. The van der Waals surface area contributed by atoms with Gasteiger partial charge in [0.15, 0.2) is 0 Å². The first kappa shape index (κ1) is 14.9. The number of nitrogens with one attached hydrogen (secondary N) is 3. The zero-order chi connectivity index (χ0) is 15.5. The summed E-state index contributed by atoms with van der Waals surface area (Å²) in [5, 5.41) is 19.7. The second kappa shape index (κ2) is 5.89. The van der Waals surface area contributed by atoms with Gasteiger partial charge in [0.1, 0.15) is 5.69 Å². The Morgan fingerprint density at radius 1 is 1.43 bits per heavy atom. The van der Waals surface area contributed by atoms with Crippen LogP contribution >= 0.6 is 0 Å². The number of sulfonamides is 1. The molecule has 10 heteroatoms. The van der Waals surface area contributed by atoms with Gasteiger partial charge in [-0.15, -0.1) is 0 Å². The average Bonchev–Trinajstić information content (AvgIpc) is 2.97. The summed E-state index contributed by atoms with van der Waals surface area (Å²) in [4.78, 5) is 10.2. The van der Waals surface area contributed by atoms with E-state index in [4.69, 9.17) is 0 Å². The fraction of sp³-hybridized carbons (Fsp3) is 0.182. The van der Waals surface area contributed by atoms with Crippen LogP contribution in [-0.4, -0.2) is 30.6 Å². The maximum atomic E-state index is 12.1. The Kier molecular flexibility index (Phi) is 4.19. The molecule has 0 atom stereocenters. The molecule has 3 N–H and O–H groups in total. The molecule has 0 saturated carbocycles. The summed E-state index contributed by atoms with van der Waals surface area (Å²) >= 11 is 0. The molecule has 1 aromatic heterocycles. The highest BCUT2D eigenvalue weighted by Gasteiger charge is 2.19. The number of hydrogen-bond acceptors (Lipinski definition) is 6. The van der Waals surface area contributed by atoms with Crippen LogP contribution in [0.15, 0.2) is 35.5 Å². The highest BCUT2D eigenvalue weighted by molar-refractivity contribution is 7.89. The lowest BCUT2D eigenvalue weighted by Crippen LogP contribution is -2.23. The van der Waals surface area contributed by atoms with Gasteiger partial charge in [0.2, 0.25) is 10.0 Å². The van der Waals surface area contributed by atoms with Crippen molar-refractivity contribution < 1.29 is 13.3 Å². The summed E-state index contributed by atoms with van der Waals surface area (Å²) in [5.41, 5.74) is 0.617. The van der Waals surface area contributed by atoms with Gasteiger partial charge in [0.05, 0.1) is 16.0 Å². The number of benzene rings is 1. The maximum absolute atomic E-state index is 12.1. The number of H-pyrrole nitrogens is 1. The molecule has 21 heavy (non-hydrogen) atoms. The number of hydrogen-bond donors (Lipinski definition) is 3. The van der Waals surface area contributed by atoms with Gasteiger partial charge in [-0.2, -0.15) is 5.10 Å². The highest BCUT2D eigenvalue weighted by Crippen LogP contribution is 2.26. The third-order valence-corrected chi connectivity index (χ3v) is 4.16. The Hall–Kier alpha value is -2.46. The van der Waals surface area contributed by atoms with E-state index < -0.39 is 14.9 Å². The summed E-state index contributed by atoms with van der Waals surface area (Å²) in [7, 11) is -2.28. The third-order valence-electron chi connectivity index (χ3n) is 2.77. The van der Waals surface area contributed by atoms with E-state index in [1.54, 1.807) is 6.20 Å². The topological polar surface area (TPSA) is 130 Å². The largest absolute Gasteiger partial charge is 0.383 e. The molecule has 0 aliphatic heterocycles. The standard InChI is InChI=1S/C11H13N5O4S/c1-12-10-4-9(2-3-11(10)16(17)18)21(19,20)15-7-8-5-13-14-6-8/h2-6,12,15H,7H2,1H3,(H,13,14). The number of anilines is 1. The molecule has 0 aliphatic carbocycles. The van der Waals surface area contributed by atoms with E-state index in [1.165, 1.54) is 25.4 Å². The van der Waals surface area contributed by atoms with Gasteiger partial charge in [-0.3, -0.25) is 15.2 Å². The van der Waals surface area contributed by atoms with Crippen LogP contribution in [0.1, 0.15) is 5.56 Å². The van der Waals surface area contributed by atoms with Crippen LogP contribution in [-0.2, 0) is 16.6 Å². The van der Waals surface area contributed by atoms with Gasteiger partial charge in [0, 0.05) is 31.4 Å². The first-order valence-corrected chi connectivity index (χ1v) is 7.36. The molecule has 0 amide bonds. The van der Waals surface area contributed by atoms with E-state index >= 15 is 0 Å². The van der Waals surface area contributed by atoms with E-state index in [2.05, 4.69) is 20.2 Å². The lowest BCUT2D eigenvalue weighted by Gasteiger charge is -2.08. The molecular formula is C11H13N5O4S. The zero-order valence-electron chi connectivity index (χ0n) is 11.0. The van der Waals surface area contributed by atoms with Crippen LogP contribution in [0.25, 0.3) is 0 Å². The average molecular weight is 311 g/mol. The van der Waals surface area contributed by atoms with Crippen molar-refractivity contribution in [2.75, 3.05) is 12.4 Å². The molecular weight excluding hydrogens is 298 g/mol. The molecule has 0 spiro atoms. The summed E-state index contributed by atoms with van der Waals surface area (Å²) in [6.45, 7) is 0.0741. The van der Waals surface area contributed by atoms with E-state index in [0.29, 0.717) is 5.56 Å². The molecule has 112 valence electrons. The number of rotatable bonds is 6. The van der Waals surface area contributed by atoms with Gasteiger partial charge < -0.3 is 5.32 Å². The fourth-order valence-corrected chi connectivity index (χ4v) is 2.72. The van der Waals surface area contributed by atoms with Crippen molar-refractivity contribution >= 4 is 21.4 Å². The molecule has 0 bridgehead atoms. The van der Waals surface area contributed by atoms with Crippen molar-refractivity contribution in [3.63, 3.8) is 0 Å². The minimum Gasteiger partial charge on any atom is -0.383 e. The van der Waals surface area contributed by atoms with Crippen LogP contribution in [0.4, 0.5) is 11.4 Å². The van der Waals surface area contributed by atoms with Crippen LogP contribution in [0.2, 0.25) is 0 Å². The molecule has 0 radical (unpaired) electrons. The van der Waals surface area contributed by atoms with Crippen LogP contribution in [0.3, 0.4) is 0 Å². The van der Waals surface area contributed by atoms with Crippen molar-refractivity contribution in [3.05, 3.63) is 46.3 Å². The lowest BCUT2D eigenvalue weighted by molar-refractivity contribution is -0.384. The van der Waals surface area contributed by atoms with Crippen molar-refractivity contribution in [3.8, 4) is 0 Å². The van der Waals surface area contributed by atoms with Crippen molar-refractivity contribution in [1.29, 1.82) is 0 Å². The maximum Gasteiger partial charge on any atom is 0.292 e. The number of aromatic amines is 1. The van der Waals surface area contributed by atoms with Crippen molar-refractivity contribution in [1.82, 2.24) is 14.9 Å². The van der Waals surface area contributed by atoms with Gasteiger partial charge in [-0.1, -0.05) is 0 Å². The molecule has 0 fully saturated rings. The van der Waals surface area contributed by atoms with Crippen LogP contribution < -0.4 is 10.0 Å². The molecule has 0 saturated heterocycles. The summed E-state index contributed by atoms with van der Waals surface area (Å²) in [6, 6.07) is 3.56. The molecule has 2 rings (SSSR count). The highest BCUT2D eigenvalue weighted by atomic mass is 32.2. The Labute approximate surface area is 120 Å². The number of aromatic nitrogens is 2. The monoisotopic (exact) mass is 311 g/mol. The SMILES string of the molecule is CNc1cc(S(=O)(=O)NCc2cn[nH]c2)ccc1[N+](=O)[O-]. The minimum absolute atomic E-state index is 0.0547. The van der Waals surface area contributed by atoms with Gasteiger partial charge >= 0.3 is 0 Å². The molecule has 0 unspecified atom stereocenters. The van der Waals surface area contributed by atoms with Crippen LogP contribution in [0, 0.1) is 10.1 Å². The van der Waals surface area contributed by atoms with Gasteiger partial charge in [-0.25, -0.2) is 13.1 Å². The number of nitrogens with zero attached hydrogens (tertiary/aromatic N) is 2. The Bertz CT molecular complexity index is 742. The van der Waals surface area contributed by atoms with Crippen molar-refractivity contribution in [2.24, 2.45) is 0 Å². The fourth-order valence-electron chi connectivity index (χ4n) is 1.68. The number of nitro groups is 1. The van der Waals surface area contributed by atoms with Crippen LogP contribution in [0.5, 0.6) is 0 Å². The van der Waals surface area contributed by atoms with Gasteiger partial charge in [0.25, 0.3) is 5.69 Å². The predicted octanol–water partition coefficient (Wildman–Crippen LogP) is 0.838. The quantitative estimate of drug-likeness (QED) is 0.535. The Morgan fingerprint density at radius 2 is 2.19 bits per heavy atom. The Morgan fingerprint density at radius 3 is 2.76 bits per heavy atom. The zero-order valence-corrected chi connectivity index (χ0v) is 11.8. The molecule has 1 heterocycles. The molecule has 2 aromatic rings. The first-order valence-electron chi connectivity index (χ1n) is 5.87. The van der Waals surface area contributed by atoms with E-state index in [1.807, 2.05) is 0 Å².